The molecule has 5 heterocycles. The van der Waals surface area contributed by atoms with E-state index >= 15 is 0 Å². The van der Waals surface area contributed by atoms with Crippen LogP contribution in [-0.2, 0) is 0 Å². The summed E-state index contributed by atoms with van der Waals surface area (Å²) < 4.78 is 23.5. The average Bonchev–Trinajstić information content (AvgIpc) is 3.46. The van der Waals surface area contributed by atoms with E-state index in [0.717, 1.165) is 16.6 Å². The van der Waals surface area contributed by atoms with Crippen LogP contribution in [-0.4, -0.2) is 66.6 Å². The van der Waals surface area contributed by atoms with E-state index in [-0.39, 0.29) is 17.7 Å². The molecule has 180 valence electrons. The summed E-state index contributed by atoms with van der Waals surface area (Å²) in [5.74, 6) is 0.777. The summed E-state index contributed by atoms with van der Waals surface area (Å²) in [7, 11) is 0. The number of aliphatic hydroxyl groups is 1. The molecule has 3 aliphatic rings. The minimum atomic E-state index is -1.02. The minimum absolute atomic E-state index is 0.155. The lowest BCUT2D eigenvalue weighted by Gasteiger charge is -2.32. The summed E-state index contributed by atoms with van der Waals surface area (Å²) in [5, 5.41) is 21.3. The molecule has 2 fully saturated rings. The molecule has 1 unspecified atom stereocenters. The first-order chi connectivity index (χ1) is 17.1. The normalized spacial score (nSPS) is 25.3. The van der Waals surface area contributed by atoms with E-state index in [2.05, 4.69) is 25.3 Å². The van der Waals surface area contributed by atoms with Crippen molar-refractivity contribution in [1.82, 2.24) is 29.5 Å². The number of fused-ring (bicyclic) bond motifs is 4. The molecule has 11 heteroatoms. The summed E-state index contributed by atoms with van der Waals surface area (Å²) in [4.78, 5) is 22.5. The fourth-order valence-electron chi connectivity index (χ4n) is 5.14. The fourth-order valence-corrected chi connectivity index (χ4v) is 5.14. The molecular formula is C24H24FN7O3. The van der Waals surface area contributed by atoms with E-state index in [9.17, 15) is 14.3 Å². The third-order valence-corrected chi connectivity index (χ3v) is 7.32. The molecule has 4 aromatic rings. The molecule has 2 aliphatic carbocycles. The third kappa shape index (κ3) is 3.10. The SMILES string of the molecule is O=C(NC1CC[C@@H]1F)c1cnn2c3c(c(-c4cn(C5CC(O)C5)c5ncccc45)nc12)OCCN3. The van der Waals surface area contributed by atoms with Crippen molar-refractivity contribution in [2.24, 2.45) is 0 Å². The Morgan fingerprint density at radius 2 is 2.17 bits per heavy atom. The number of alkyl halides is 1. The Morgan fingerprint density at radius 3 is 2.94 bits per heavy atom. The molecule has 10 nitrogen and oxygen atoms in total. The van der Waals surface area contributed by atoms with Crippen LogP contribution < -0.4 is 15.4 Å². The number of hydrogen-bond acceptors (Lipinski definition) is 7. The summed E-state index contributed by atoms with van der Waals surface area (Å²) >= 11 is 0. The van der Waals surface area contributed by atoms with Crippen LogP contribution >= 0.6 is 0 Å². The van der Waals surface area contributed by atoms with Crippen molar-refractivity contribution in [1.29, 1.82) is 0 Å². The monoisotopic (exact) mass is 477 g/mol. The van der Waals surface area contributed by atoms with Crippen LogP contribution in [0.15, 0.2) is 30.7 Å². The van der Waals surface area contributed by atoms with Crippen molar-refractivity contribution in [2.75, 3.05) is 18.5 Å². The fraction of sp³-hybridized carbons (Fsp3) is 0.417. The molecular weight excluding hydrogens is 453 g/mol. The maximum atomic E-state index is 13.8. The number of pyridine rings is 1. The Kier molecular flexibility index (Phi) is 4.50. The molecule has 0 bridgehead atoms. The van der Waals surface area contributed by atoms with Gasteiger partial charge in [0.2, 0.25) is 0 Å². The van der Waals surface area contributed by atoms with Gasteiger partial charge in [0.15, 0.2) is 17.2 Å². The van der Waals surface area contributed by atoms with Gasteiger partial charge in [0.25, 0.3) is 5.91 Å². The average molecular weight is 478 g/mol. The maximum Gasteiger partial charge on any atom is 0.257 e. The summed E-state index contributed by atoms with van der Waals surface area (Å²) in [6, 6.07) is 3.54. The van der Waals surface area contributed by atoms with Gasteiger partial charge in [-0.3, -0.25) is 4.79 Å². The van der Waals surface area contributed by atoms with Crippen LogP contribution in [0.1, 0.15) is 42.1 Å². The van der Waals surface area contributed by atoms with Crippen molar-refractivity contribution in [2.45, 2.75) is 50.0 Å². The van der Waals surface area contributed by atoms with E-state index in [1.165, 1.54) is 6.20 Å². The van der Waals surface area contributed by atoms with Crippen molar-refractivity contribution < 1.29 is 19.0 Å². The molecule has 0 aromatic carbocycles. The van der Waals surface area contributed by atoms with Gasteiger partial charge in [0, 0.05) is 29.4 Å². The van der Waals surface area contributed by atoms with E-state index < -0.39 is 18.1 Å². The van der Waals surface area contributed by atoms with Crippen LogP contribution in [0.2, 0.25) is 0 Å². The zero-order valence-corrected chi connectivity index (χ0v) is 18.8. The Bertz CT molecular complexity index is 1480. The number of aromatic nitrogens is 5. The van der Waals surface area contributed by atoms with Crippen molar-refractivity contribution >= 4 is 28.4 Å². The lowest BCUT2D eigenvalue weighted by molar-refractivity contribution is 0.0501. The van der Waals surface area contributed by atoms with Gasteiger partial charge in [-0.1, -0.05) is 0 Å². The van der Waals surface area contributed by atoms with Crippen molar-refractivity contribution in [3.8, 4) is 17.0 Å². The Balaban J connectivity index is 1.40. The van der Waals surface area contributed by atoms with Crippen LogP contribution in [0.3, 0.4) is 0 Å². The molecule has 0 spiro atoms. The van der Waals surface area contributed by atoms with Gasteiger partial charge in [-0.2, -0.15) is 9.61 Å². The number of nitrogens with one attached hydrogen (secondary N) is 2. The molecule has 35 heavy (non-hydrogen) atoms. The third-order valence-electron chi connectivity index (χ3n) is 7.32. The van der Waals surface area contributed by atoms with Gasteiger partial charge in [0.05, 0.1) is 24.9 Å². The minimum Gasteiger partial charge on any atom is -0.486 e. The maximum absolute atomic E-state index is 13.8. The standard InChI is InChI=1S/C24H24FN7O3/c25-17-3-4-18(17)29-24(34)15-10-28-32-22(15)30-19(20-23(32)27-6-7-35-20)16-11-31(12-8-13(33)9-12)21-14(16)2-1-5-26-21/h1-2,5,10-13,17-18,27,33H,3-4,6-9H2,(H,29,34)/t12?,13?,17-,18?/m0/s1. The smallest absolute Gasteiger partial charge is 0.257 e. The molecule has 1 amide bonds. The summed E-state index contributed by atoms with van der Waals surface area (Å²) in [5.41, 5.74) is 2.87. The van der Waals surface area contributed by atoms with E-state index in [1.54, 1.807) is 10.7 Å². The number of rotatable bonds is 4. The second kappa shape index (κ2) is 7.64. The molecule has 4 aromatic heterocycles. The second-order valence-corrected chi connectivity index (χ2v) is 9.48. The second-order valence-electron chi connectivity index (χ2n) is 9.48. The molecule has 0 radical (unpaired) electrons. The number of anilines is 1. The van der Waals surface area contributed by atoms with Crippen molar-refractivity contribution in [3.05, 3.63) is 36.3 Å². The highest BCUT2D eigenvalue weighted by molar-refractivity contribution is 6.02. The molecule has 7 rings (SSSR count). The highest BCUT2D eigenvalue weighted by Gasteiger charge is 2.34. The zero-order valence-electron chi connectivity index (χ0n) is 18.8. The van der Waals surface area contributed by atoms with Gasteiger partial charge in [0.1, 0.15) is 29.7 Å². The van der Waals surface area contributed by atoms with E-state index in [0.29, 0.717) is 61.7 Å². The van der Waals surface area contributed by atoms with Gasteiger partial charge in [-0.25, -0.2) is 14.4 Å². The number of carbonyl (C=O) groups excluding carboxylic acids is 1. The van der Waals surface area contributed by atoms with Crippen molar-refractivity contribution in [3.63, 3.8) is 0 Å². The first kappa shape index (κ1) is 20.6. The van der Waals surface area contributed by atoms with Gasteiger partial charge >= 0.3 is 0 Å². The highest BCUT2D eigenvalue weighted by Crippen LogP contribution is 2.43. The molecule has 0 saturated heterocycles. The molecule has 1 aliphatic heterocycles. The molecule has 3 N–H and O–H groups in total. The Hall–Kier alpha value is -3.73. The lowest BCUT2D eigenvalue weighted by atomic mass is 9.89. The molecule has 2 atom stereocenters. The van der Waals surface area contributed by atoms with E-state index in [4.69, 9.17) is 9.72 Å². The quantitative estimate of drug-likeness (QED) is 0.413. The predicted octanol–water partition coefficient (Wildman–Crippen LogP) is 2.48. The van der Waals surface area contributed by atoms with Gasteiger partial charge in [-0.05, 0) is 37.8 Å². The van der Waals surface area contributed by atoms with Crippen LogP contribution in [0.4, 0.5) is 10.2 Å². The summed E-state index contributed by atoms with van der Waals surface area (Å²) in [6.45, 7) is 1.05. The number of halogens is 1. The highest BCUT2D eigenvalue weighted by atomic mass is 19.1. The zero-order chi connectivity index (χ0) is 23.7. The largest absolute Gasteiger partial charge is 0.486 e. The van der Waals surface area contributed by atoms with Gasteiger partial charge < -0.3 is 25.0 Å². The predicted molar refractivity (Wildman–Crippen MR) is 125 cm³/mol. The summed E-state index contributed by atoms with van der Waals surface area (Å²) in [6.07, 6.45) is 6.33. The van der Waals surface area contributed by atoms with Crippen LogP contribution in [0.5, 0.6) is 5.75 Å². The van der Waals surface area contributed by atoms with Gasteiger partial charge in [-0.15, -0.1) is 0 Å². The number of carbonyl (C=O) groups is 1. The number of aliphatic hydroxyl groups excluding tert-OH is 1. The Morgan fingerprint density at radius 1 is 1.29 bits per heavy atom. The first-order valence-corrected chi connectivity index (χ1v) is 12.0. The number of ether oxygens (including phenoxy) is 1. The van der Waals surface area contributed by atoms with Crippen LogP contribution in [0.25, 0.3) is 27.9 Å². The number of nitrogens with zero attached hydrogens (tertiary/aromatic N) is 5. The lowest BCUT2D eigenvalue weighted by Crippen LogP contribution is -2.48. The topological polar surface area (TPSA) is 119 Å². The molecule has 2 saturated carbocycles. The van der Waals surface area contributed by atoms with Crippen LogP contribution in [0, 0.1) is 0 Å². The first-order valence-electron chi connectivity index (χ1n) is 12.0. The number of hydrogen-bond donors (Lipinski definition) is 3. The number of amides is 1. The Labute approximate surface area is 199 Å². The van der Waals surface area contributed by atoms with E-state index in [1.807, 2.05) is 18.3 Å².